The molecule has 0 unspecified atom stereocenters. The van der Waals surface area contributed by atoms with Crippen LogP contribution in [0.25, 0.3) is 0 Å². The van der Waals surface area contributed by atoms with Crippen LogP contribution in [-0.4, -0.2) is 24.9 Å². The van der Waals surface area contributed by atoms with E-state index in [4.69, 9.17) is 19.8 Å². The Morgan fingerprint density at radius 3 is 2.35 bits per heavy atom. The smallest absolute Gasteiger partial charge is 0.479 e. The van der Waals surface area contributed by atoms with Crippen molar-refractivity contribution in [3.05, 3.63) is 23.0 Å². The van der Waals surface area contributed by atoms with E-state index in [9.17, 15) is 0 Å². The summed E-state index contributed by atoms with van der Waals surface area (Å²) in [6, 6.07) is 0. The van der Waals surface area contributed by atoms with E-state index in [0.717, 1.165) is 30.3 Å². The van der Waals surface area contributed by atoms with Gasteiger partial charge in [-0.15, -0.1) is 0 Å². The van der Waals surface area contributed by atoms with Crippen molar-refractivity contribution < 1.29 is 14.0 Å². The average molecular weight is 279 g/mol. The Labute approximate surface area is 122 Å². The summed E-state index contributed by atoms with van der Waals surface area (Å²) in [5.74, 6) is 0.540. The molecule has 0 atom stereocenters. The summed E-state index contributed by atoms with van der Waals surface area (Å²) in [6.45, 7) is 11.1. The van der Waals surface area contributed by atoms with Gasteiger partial charge in [-0.05, 0) is 52.4 Å². The summed E-state index contributed by atoms with van der Waals surface area (Å²) in [4.78, 5) is 0. The summed E-state index contributed by atoms with van der Waals surface area (Å²) in [6.07, 6.45) is 4.92. The third-order valence-corrected chi connectivity index (χ3v) is 4.49. The number of ether oxygens (including phenoxy) is 1. The van der Waals surface area contributed by atoms with Gasteiger partial charge in [-0.25, -0.2) is 0 Å². The molecule has 0 radical (unpaired) electrons. The van der Waals surface area contributed by atoms with Crippen molar-refractivity contribution in [3.63, 3.8) is 0 Å². The summed E-state index contributed by atoms with van der Waals surface area (Å²) in [7, 11) is -0.299. The first-order valence-corrected chi connectivity index (χ1v) is 7.44. The molecule has 0 aromatic rings. The molecule has 112 valence electrons. The third-order valence-electron chi connectivity index (χ3n) is 4.49. The molecule has 2 N–H and O–H groups in total. The lowest BCUT2D eigenvalue weighted by atomic mass is 9.75. The Balaban J connectivity index is 2.22. The van der Waals surface area contributed by atoms with E-state index in [1.54, 1.807) is 0 Å². The first-order valence-electron chi connectivity index (χ1n) is 7.44. The Kier molecular flexibility index (Phi) is 4.21. The number of allylic oxidation sites excluding steroid dienone is 3. The molecule has 0 aliphatic carbocycles. The van der Waals surface area contributed by atoms with Crippen LogP contribution in [-0.2, 0) is 14.0 Å². The molecule has 2 aliphatic heterocycles. The van der Waals surface area contributed by atoms with E-state index < -0.39 is 0 Å². The predicted molar refractivity (Wildman–Crippen MR) is 80.9 cm³/mol. The van der Waals surface area contributed by atoms with Crippen LogP contribution in [0.1, 0.15) is 53.9 Å². The molecule has 1 saturated heterocycles. The SMILES string of the molecule is CC/C(=C\C1=C(N)OCCC1)B1OC(C)(C)C(C)(C)O1. The van der Waals surface area contributed by atoms with Crippen LogP contribution < -0.4 is 5.73 Å². The van der Waals surface area contributed by atoms with Crippen LogP contribution >= 0.6 is 0 Å². The number of rotatable bonds is 3. The highest BCUT2D eigenvalue weighted by Gasteiger charge is 2.52. The quantitative estimate of drug-likeness (QED) is 0.807. The van der Waals surface area contributed by atoms with Crippen molar-refractivity contribution in [1.82, 2.24) is 0 Å². The zero-order chi connectivity index (χ0) is 15.0. The molecule has 4 nitrogen and oxygen atoms in total. The van der Waals surface area contributed by atoms with Crippen molar-refractivity contribution in [2.45, 2.75) is 65.1 Å². The van der Waals surface area contributed by atoms with Gasteiger partial charge in [-0.2, -0.15) is 0 Å². The van der Waals surface area contributed by atoms with Gasteiger partial charge >= 0.3 is 7.12 Å². The molecule has 2 heterocycles. The van der Waals surface area contributed by atoms with Crippen LogP contribution in [0.5, 0.6) is 0 Å². The topological polar surface area (TPSA) is 53.7 Å². The van der Waals surface area contributed by atoms with E-state index >= 15 is 0 Å². The average Bonchev–Trinajstić information content (AvgIpc) is 2.57. The van der Waals surface area contributed by atoms with Crippen molar-refractivity contribution in [2.75, 3.05) is 6.61 Å². The van der Waals surface area contributed by atoms with Crippen LogP contribution in [0.4, 0.5) is 0 Å². The molecule has 20 heavy (non-hydrogen) atoms. The predicted octanol–water partition coefficient (Wildman–Crippen LogP) is 2.93. The molecule has 5 heteroatoms. The molecular weight excluding hydrogens is 253 g/mol. The lowest BCUT2D eigenvalue weighted by Crippen LogP contribution is -2.41. The number of nitrogens with two attached hydrogens (primary N) is 1. The molecule has 0 bridgehead atoms. The largest absolute Gasteiger partial charge is 0.490 e. The maximum absolute atomic E-state index is 6.10. The van der Waals surface area contributed by atoms with Gasteiger partial charge in [0, 0.05) is 5.57 Å². The van der Waals surface area contributed by atoms with Gasteiger partial charge < -0.3 is 19.8 Å². The Bertz CT molecular complexity index is 424. The minimum atomic E-state index is -0.311. The zero-order valence-electron chi connectivity index (χ0n) is 13.3. The second-order valence-corrected chi connectivity index (χ2v) is 6.50. The highest BCUT2D eigenvalue weighted by atomic mass is 16.7. The van der Waals surface area contributed by atoms with E-state index in [2.05, 4.69) is 40.7 Å². The van der Waals surface area contributed by atoms with Crippen molar-refractivity contribution in [1.29, 1.82) is 0 Å². The van der Waals surface area contributed by atoms with E-state index in [1.165, 1.54) is 0 Å². The van der Waals surface area contributed by atoms with Crippen molar-refractivity contribution in [3.8, 4) is 0 Å². The lowest BCUT2D eigenvalue weighted by Gasteiger charge is -2.32. The second-order valence-electron chi connectivity index (χ2n) is 6.50. The summed E-state index contributed by atoms with van der Waals surface area (Å²) in [5.41, 5.74) is 7.47. The third kappa shape index (κ3) is 2.89. The molecule has 2 rings (SSSR count). The molecule has 2 aliphatic rings. The summed E-state index contributed by atoms with van der Waals surface area (Å²) in [5, 5.41) is 0. The minimum absolute atomic E-state index is 0.299. The van der Waals surface area contributed by atoms with Gasteiger partial charge in [-0.3, -0.25) is 0 Å². The molecule has 0 saturated carbocycles. The monoisotopic (exact) mass is 279 g/mol. The molecule has 0 spiro atoms. The normalized spacial score (nSPS) is 25.9. The fourth-order valence-corrected chi connectivity index (χ4v) is 2.36. The van der Waals surface area contributed by atoms with Crippen LogP contribution in [0, 0.1) is 0 Å². The lowest BCUT2D eigenvalue weighted by molar-refractivity contribution is 0.00578. The van der Waals surface area contributed by atoms with Crippen LogP contribution in [0.2, 0.25) is 0 Å². The molecule has 0 aromatic heterocycles. The first kappa shape index (κ1) is 15.5. The maximum atomic E-state index is 6.10. The highest BCUT2D eigenvalue weighted by Crippen LogP contribution is 2.39. The van der Waals surface area contributed by atoms with Gasteiger partial charge in [0.1, 0.15) is 0 Å². The standard InChI is InChI=1S/C15H26BNO3/c1-6-12(10-11-8-7-9-18-13(11)17)16-19-14(2,3)15(4,5)20-16/h10H,6-9,17H2,1-5H3/b12-10+. The van der Waals surface area contributed by atoms with Crippen LogP contribution in [0.15, 0.2) is 23.0 Å². The van der Waals surface area contributed by atoms with E-state index in [1.807, 2.05) is 0 Å². The number of hydrogen-bond donors (Lipinski definition) is 1. The molecule has 0 aromatic carbocycles. The van der Waals surface area contributed by atoms with Gasteiger partial charge in [0.05, 0.1) is 17.8 Å². The Hall–Kier alpha value is -0.935. The molecular formula is C15H26BNO3. The van der Waals surface area contributed by atoms with Crippen molar-refractivity contribution >= 4 is 7.12 Å². The van der Waals surface area contributed by atoms with Crippen LogP contribution in [0.3, 0.4) is 0 Å². The minimum Gasteiger partial charge on any atom is -0.479 e. The van der Waals surface area contributed by atoms with E-state index in [0.29, 0.717) is 12.5 Å². The maximum Gasteiger partial charge on any atom is 0.490 e. The zero-order valence-corrected chi connectivity index (χ0v) is 13.3. The van der Waals surface area contributed by atoms with Gasteiger partial charge in [0.2, 0.25) is 0 Å². The fourth-order valence-electron chi connectivity index (χ4n) is 2.36. The number of hydrogen-bond acceptors (Lipinski definition) is 4. The van der Waals surface area contributed by atoms with Gasteiger partial charge in [-0.1, -0.05) is 13.0 Å². The molecule has 1 fully saturated rings. The van der Waals surface area contributed by atoms with Gasteiger partial charge in [0.25, 0.3) is 0 Å². The van der Waals surface area contributed by atoms with E-state index in [-0.39, 0.29) is 18.3 Å². The second kappa shape index (κ2) is 5.45. The highest BCUT2D eigenvalue weighted by molar-refractivity contribution is 6.54. The summed E-state index contributed by atoms with van der Waals surface area (Å²) < 4.78 is 17.6. The summed E-state index contributed by atoms with van der Waals surface area (Å²) >= 11 is 0. The van der Waals surface area contributed by atoms with Crippen molar-refractivity contribution in [2.24, 2.45) is 5.73 Å². The Morgan fingerprint density at radius 1 is 1.25 bits per heavy atom. The molecule has 0 amide bonds. The fraction of sp³-hybridized carbons (Fsp3) is 0.733. The van der Waals surface area contributed by atoms with Gasteiger partial charge in [0.15, 0.2) is 5.88 Å². The first-order chi connectivity index (χ1) is 9.27. The Morgan fingerprint density at radius 2 is 1.85 bits per heavy atom.